The highest BCUT2D eigenvalue weighted by molar-refractivity contribution is 7.87. The second-order valence-electron chi connectivity index (χ2n) is 5.60. The lowest BCUT2D eigenvalue weighted by Crippen LogP contribution is -2.51. The maximum atomic E-state index is 12.2. The van der Waals surface area contributed by atoms with Gasteiger partial charge in [-0.3, -0.25) is 0 Å². The van der Waals surface area contributed by atoms with E-state index in [-0.39, 0.29) is 5.41 Å². The van der Waals surface area contributed by atoms with Gasteiger partial charge in [0.05, 0.1) is 13.2 Å². The van der Waals surface area contributed by atoms with Gasteiger partial charge in [-0.1, -0.05) is 19.3 Å². The summed E-state index contributed by atoms with van der Waals surface area (Å²) in [5, 5.41) is 0. The normalized spacial score (nSPS) is 25.3. The number of rotatable bonds is 5. The Labute approximate surface area is 115 Å². The molecule has 6 nitrogen and oxygen atoms in total. The van der Waals surface area contributed by atoms with Gasteiger partial charge >= 0.3 is 0 Å². The highest BCUT2D eigenvalue weighted by Gasteiger charge is 2.33. The number of nitrogens with two attached hydrogens (primary N) is 1. The van der Waals surface area contributed by atoms with Crippen molar-refractivity contribution in [2.45, 2.75) is 32.1 Å². The van der Waals surface area contributed by atoms with Gasteiger partial charge in [0.1, 0.15) is 0 Å². The lowest BCUT2D eigenvalue weighted by atomic mass is 9.74. The van der Waals surface area contributed by atoms with Crippen LogP contribution in [-0.4, -0.2) is 52.1 Å². The first-order valence-corrected chi connectivity index (χ1v) is 8.55. The highest BCUT2D eigenvalue weighted by Crippen LogP contribution is 2.34. The molecule has 0 aromatic carbocycles. The molecule has 0 atom stereocenters. The van der Waals surface area contributed by atoms with Crippen LogP contribution in [0.5, 0.6) is 0 Å². The molecule has 1 saturated heterocycles. The molecular weight excluding hydrogens is 266 g/mol. The van der Waals surface area contributed by atoms with Gasteiger partial charge in [0.2, 0.25) is 0 Å². The second-order valence-corrected chi connectivity index (χ2v) is 7.36. The van der Waals surface area contributed by atoms with Crippen molar-refractivity contribution in [3.8, 4) is 0 Å². The van der Waals surface area contributed by atoms with E-state index in [0.717, 1.165) is 25.7 Å². The van der Waals surface area contributed by atoms with Crippen LogP contribution in [0.25, 0.3) is 0 Å². The summed E-state index contributed by atoms with van der Waals surface area (Å²) in [6.07, 6.45) is 5.58. The van der Waals surface area contributed by atoms with Crippen LogP contribution in [0.1, 0.15) is 32.1 Å². The molecule has 2 aliphatic rings. The Bertz CT molecular complexity index is 374. The van der Waals surface area contributed by atoms with E-state index in [9.17, 15) is 8.42 Å². The van der Waals surface area contributed by atoms with Crippen molar-refractivity contribution in [1.29, 1.82) is 0 Å². The van der Waals surface area contributed by atoms with Crippen LogP contribution in [0.15, 0.2) is 0 Å². The molecule has 1 heterocycles. The summed E-state index contributed by atoms with van der Waals surface area (Å²) in [5.74, 6) is 0. The summed E-state index contributed by atoms with van der Waals surface area (Å²) < 4.78 is 33.8. The minimum absolute atomic E-state index is 0.0440. The van der Waals surface area contributed by atoms with Crippen LogP contribution in [0.2, 0.25) is 0 Å². The summed E-state index contributed by atoms with van der Waals surface area (Å²) in [6, 6.07) is 0. The van der Waals surface area contributed by atoms with E-state index in [1.165, 1.54) is 10.7 Å². The average Bonchev–Trinajstić information content (AvgIpc) is 2.47. The van der Waals surface area contributed by atoms with Crippen LogP contribution in [0.4, 0.5) is 0 Å². The zero-order chi connectivity index (χ0) is 13.8. The van der Waals surface area contributed by atoms with Crippen molar-refractivity contribution in [3.63, 3.8) is 0 Å². The molecule has 2 fully saturated rings. The summed E-state index contributed by atoms with van der Waals surface area (Å²) in [5.41, 5.74) is 5.83. The Morgan fingerprint density at radius 3 is 2.37 bits per heavy atom. The number of nitrogens with zero attached hydrogens (tertiary/aromatic N) is 1. The maximum Gasteiger partial charge on any atom is 0.279 e. The van der Waals surface area contributed by atoms with Gasteiger partial charge in [0.15, 0.2) is 0 Å². The molecule has 1 aliphatic carbocycles. The topological polar surface area (TPSA) is 84.7 Å². The fraction of sp³-hybridized carbons (Fsp3) is 1.00. The molecule has 1 aliphatic heterocycles. The first-order chi connectivity index (χ1) is 9.08. The van der Waals surface area contributed by atoms with Crippen molar-refractivity contribution < 1.29 is 13.2 Å². The summed E-state index contributed by atoms with van der Waals surface area (Å²) in [7, 11) is -3.38. The van der Waals surface area contributed by atoms with Crippen molar-refractivity contribution in [2.75, 3.05) is 39.4 Å². The Balaban J connectivity index is 1.92. The van der Waals surface area contributed by atoms with Gasteiger partial charge in [-0.2, -0.15) is 12.7 Å². The van der Waals surface area contributed by atoms with Gasteiger partial charge in [0.25, 0.3) is 10.2 Å². The van der Waals surface area contributed by atoms with E-state index < -0.39 is 10.2 Å². The van der Waals surface area contributed by atoms with Gasteiger partial charge in [-0.25, -0.2) is 4.72 Å². The molecule has 0 aromatic rings. The molecule has 3 N–H and O–H groups in total. The highest BCUT2D eigenvalue weighted by atomic mass is 32.2. The largest absolute Gasteiger partial charge is 0.379 e. The molecule has 7 heteroatoms. The molecule has 19 heavy (non-hydrogen) atoms. The van der Waals surface area contributed by atoms with Crippen molar-refractivity contribution in [1.82, 2.24) is 9.03 Å². The van der Waals surface area contributed by atoms with E-state index >= 15 is 0 Å². The Hall–Kier alpha value is -0.210. The summed E-state index contributed by atoms with van der Waals surface area (Å²) in [6.45, 7) is 2.84. The maximum absolute atomic E-state index is 12.2. The number of hydrogen-bond acceptors (Lipinski definition) is 4. The number of ether oxygens (including phenoxy) is 1. The Morgan fingerprint density at radius 2 is 1.79 bits per heavy atom. The third-order valence-electron chi connectivity index (χ3n) is 4.29. The van der Waals surface area contributed by atoms with Crippen LogP contribution in [0.3, 0.4) is 0 Å². The molecule has 0 unspecified atom stereocenters. The molecule has 0 bridgehead atoms. The number of nitrogens with one attached hydrogen (secondary N) is 1. The third-order valence-corrected chi connectivity index (χ3v) is 5.84. The molecule has 1 saturated carbocycles. The van der Waals surface area contributed by atoms with E-state index in [1.807, 2.05) is 0 Å². The van der Waals surface area contributed by atoms with Gasteiger partial charge < -0.3 is 10.5 Å². The lowest BCUT2D eigenvalue weighted by Gasteiger charge is -2.37. The summed E-state index contributed by atoms with van der Waals surface area (Å²) in [4.78, 5) is 0. The zero-order valence-electron chi connectivity index (χ0n) is 11.4. The minimum atomic E-state index is -3.38. The van der Waals surface area contributed by atoms with E-state index in [1.54, 1.807) is 0 Å². The number of hydrogen-bond donors (Lipinski definition) is 2. The predicted octanol–water partition coefficient (Wildman–Crippen LogP) is 0.0622. The van der Waals surface area contributed by atoms with Crippen LogP contribution in [-0.2, 0) is 14.9 Å². The molecular formula is C12H25N3O3S. The first-order valence-electron chi connectivity index (χ1n) is 7.11. The van der Waals surface area contributed by atoms with Gasteiger partial charge in [-0.15, -0.1) is 0 Å². The minimum Gasteiger partial charge on any atom is -0.379 e. The molecule has 0 aromatic heterocycles. The van der Waals surface area contributed by atoms with Crippen molar-refractivity contribution >= 4 is 10.2 Å². The van der Waals surface area contributed by atoms with Crippen LogP contribution >= 0.6 is 0 Å². The smallest absolute Gasteiger partial charge is 0.279 e. The van der Waals surface area contributed by atoms with Gasteiger partial charge in [-0.05, 0) is 24.8 Å². The SMILES string of the molecule is NCC1(CNS(=O)(=O)N2CCOCC2)CCCCC1. The lowest BCUT2D eigenvalue weighted by molar-refractivity contribution is 0.0721. The van der Waals surface area contributed by atoms with Crippen molar-refractivity contribution in [3.05, 3.63) is 0 Å². The molecule has 0 amide bonds. The third kappa shape index (κ3) is 3.88. The molecule has 2 rings (SSSR count). The molecule has 112 valence electrons. The average molecular weight is 291 g/mol. The standard InChI is InChI=1S/C12H25N3O3S/c13-10-12(4-2-1-3-5-12)11-14-19(16,17)15-6-8-18-9-7-15/h14H,1-11,13H2. The van der Waals surface area contributed by atoms with E-state index in [2.05, 4.69) is 4.72 Å². The second kappa shape index (κ2) is 6.49. The zero-order valence-corrected chi connectivity index (χ0v) is 12.3. The fourth-order valence-corrected chi connectivity index (χ4v) is 4.18. The summed E-state index contributed by atoms with van der Waals surface area (Å²) >= 11 is 0. The van der Waals surface area contributed by atoms with Crippen LogP contribution < -0.4 is 10.5 Å². The fourth-order valence-electron chi connectivity index (χ4n) is 2.88. The van der Waals surface area contributed by atoms with Crippen LogP contribution in [0, 0.1) is 5.41 Å². The van der Waals surface area contributed by atoms with Gasteiger partial charge in [0, 0.05) is 19.6 Å². The molecule has 0 spiro atoms. The molecule has 0 radical (unpaired) electrons. The predicted molar refractivity (Wildman–Crippen MR) is 73.9 cm³/mol. The van der Waals surface area contributed by atoms with Crippen molar-refractivity contribution in [2.24, 2.45) is 11.1 Å². The monoisotopic (exact) mass is 291 g/mol. The van der Waals surface area contributed by atoms with E-state index in [0.29, 0.717) is 39.4 Å². The first kappa shape index (κ1) is 15.2. The van der Waals surface area contributed by atoms with E-state index in [4.69, 9.17) is 10.5 Å². The Kier molecular flexibility index (Phi) is 5.19. The quantitative estimate of drug-likeness (QED) is 0.750. The Morgan fingerprint density at radius 1 is 1.16 bits per heavy atom. The number of morpholine rings is 1.